The molecule has 0 amide bonds. The van der Waals surface area contributed by atoms with Gasteiger partial charge in [-0.2, -0.15) is 0 Å². The highest BCUT2D eigenvalue weighted by Gasteiger charge is 2.13. The Balaban J connectivity index is 2.28. The Morgan fingerprint density at radius 3 is 2.75 bits per heavy atom. The topological polar surface area (TPSA) is 42.4 Å². The lowest BCUT2D eigenvalue weighted by molar-refractivity contribution is 0.503. The van der Waals surface area contributed by atoms with Gasteiger partial charge in [-0.1, -0.05) is 0 Å². The van der Waals surface area contributed by atoms with Crippen molar-refractivity contribution < 1.29 is 8.81 Å². The fourth-order valence-corrected chi connectivity index (χ4v) is 2.33. The number of nitrogens with zero attached hydrogens (tertiary/aromatic N) is 1. The molecule has 0 aliphatic carbocycles. The van der Waals surface area contributed by atoms with E-state index in [0.29, 0.717) is 13.0 Å². The van der Waals surface area contributed by atoms with Crippen molar-refractivity contribution in [3.05, 3.63) is 53.7 Å². The molecule has 1 aromatic carbocycles. The molecule has 2 rings (SSSR count). The van der Waals surface area contributed by atoms with Crippen LogP contribution in [0.4, 0.5) is 10.1 Å². The van der Waals surface area contributed by atoms with Crippen molar-refractivity contribution in [1.82, 2.24) is 0 Å². The molecule has 0 aliphatic rings. The molecule has 1 heterocycles. The fraction of sp³-hybridized carbons (Fsp3) is 0.375. The van der Waals surface area contributed by atoms with Gasteiger partial charge in [0.05, 0.1) is 12.8 Å². The first-order valence-corrected chi connectivity index (χ1v) is 6.91. The zero-order chi connectivity index (χ0) is 14.5. The molecule has 2 aromatic rings. The third-order valence-electron chi connectivity index (χ3n) is 3.23. The van der Waals surface area contributed by atoms with Crippen molar-refractivity contribution in [2.24, 2.45) is 5.73 Å². The molecule has 3 nitrogen and oxygen atoms in total. The molecule has 2 N–H and O–H groups in total. The monoisotopic (exact) mass is 276 g/mol. The van der Waals surface area contributed by atoms with Gasteiger partial charge in [0.2, 0.25) is 0 Å². The van der Waals surface area contributed by atoms with Gasteiger partial charge in [0, 0.05) is 18.3 Å². The van der Waals surface area contributed by atoms with E-state index in [0.717, 1.165) is 23.6 Å². The van der Waals surface area contributed by atoms with Crippen LogP contribution in [0.1, 0.15) is 25.2 Å². The van der Waals surface area contributed by atoms with Gasteiger partial charge in [-0.05, 0) is 56.2 Å². The number of hydrogen-bond acceptors (Lipinski definition) is 3. The van der Waals surface area contributed by atoms with Crippen molar-refractivity contribution in [3.63, 3.8) is 0 Å². The Kier molecular flexibility index (Phi) is 4.79. The van der Waals surface area contributed by atoms with Crippen LogP contribution in [0.3, 0.4) is 0 Å². The Labute approximate surface area is 119 Å². The van der Waals surface area contributed by atoms with Crippen LogP contribution in [0.5, 0.6) is 0 Å². The second-order valence-corrected chi connectivity index (χ2v) is 5.05. The summed E-state index contributed by atoms with van der Waals surface area (Å²) in [7, 11) is 0. The van der Waals surface area contributed by atoms with Gasteiger partial charge in [-0.15, -0.1) is 0 Å². The van der Waals surface area contributed by atoms with Crippen LogP contribution in [0.2, 0.25) is 0 Å². The van der Waals surface area contributed by atoms with Gasteiger partial charge in [0.15, 0.2) is 0 Å². The normalized spacial score (nSPS) is 12.4. The summed E-state index contributed by atoms with van der Waals surface area (Å²) in [6.07, 6.45) is 2.32. The lowest BCUT2D eigenvalue weighted by atomic mass is 10.0. The molecule has 1 unspecified atom stereocenters. The minimum atomic E-state index is -0.224. The molecule has 0 fully saturated rings. The Morgan fingerprint density at radius 2 is 2.15 bits per heavy atom. The second kappa shape index (κ2) is 6.57. The molecule has 108 valence electrons. The van der Waals surface area contributed by atoms with E-state index < -0.39 is 0 Å². The van der Waals surface area contributed by atoms with E-state index in [1.54, 1.807) is 12.3 Å². The van der Waals surface area contributed by atoms with E-state index >= 15 is 0 Å². The second-order valence-electron chi connectivity index (χ2n) is 5.05. The summed E-state index contributed by atoms with van der Waals surface area (Å²) in [6, 6.07) is 8.69. The Hall–Kier alpha value is -1.81. The highest BCUT2D eigenvalue weighted by Crippen LogP contribution is 2.24. The van der Waals surface area contributed by atoms with Crippen LogP contribution in [0.25, 0.3) is 0 Å². The summed E-state index contributed by atoms with van der Waals surface area (Å²) in [4.78, 5) is 2.16. The third-order valence-corrected chi connectivity index (χ3v) is 3.23. The fourth-order valence-electron chi connectivity index (χ4n) is 2.33. The smallest absolute Gasteiger partial charge is 0.123 e. The number of halogens is 1. The van der Waals surface area contributed by atoms with Crippen molar-refractivity contribution >= 4 is 5.69 Å². The van der Waals surface area contributed by atoms with Crippen molar-refractivity contribution in [2.45, 2.75) is 32.9 Å². The Morgan fingerprint density at radius 1 is 1.35 bits per heavy atom. The van der Waals surface area contributed by atoms with E-state index in [4.69, 9.17) is 10.2 Å². The maximum atomic E-state index is 13.5. The molecule has 4 heteroatoms. The predicted molar refractivity (Wildman–Crippen MR) is 79.2 cm³/mol. The number of anilines is 1. The maximum Gasteiger partial charge on any atom is 0.123 e. The van der Waals surface area contributed by atoms with Crippen LogP contribution in [-0.2, 0) is 13.0 Å². The zero-order valence-electron chi connectivity index (χ0n) is 12.0. The number of nitrogens with two attached hydrogens (primary N) is 1. The van der Waals surface area contributed by atoms with E-state index in [1.165, 1.54) is 6.07 Å². The van der Waals surface area contributed by atoms with Crippen LogP contribution >= 0.6 is 0 Å². The first-order valence-electron chi connectivity index (χ1n) is 6.91. The lowest BCUT2D eigenvalue weighted by Crippen LogP contribution is -2.25. The van der Waals surface area contributed by atoms with Crippen molar-refractivity contribution in [2.75, 3.05) is 11.4 Å². The highest BCUT2D eigenvalue weighted by atomic mass is 19.1. The van der Waals surface area contributed by atoms with Gasteiger partial charge in [0.1, 0.15) is 11.6 Å². The van der Waals surface area contributed by atoms with Crippen molar-refractivity contribution in [1.29, 1.82) is 0 Å². The molecule has 0 bridgehead atoms. The van der Waals surface area contributed by atoms with Crippen LogP contribution < -0.4 is 10.6 Å². The van der Waals surface area contributed by atoms with E-state index in [9.17, 15) is 4.39 Å². The molecule has 20 heavy (non-hydrogen) atoms. The quantitative estimate of drug-likeness (QED) is 0.880. The lowest BCUT2D eigenvalue weighted by Gasteiger charge is -2.25. The average Bonchev–Trinajstić information content (AvgIpc) is 2.89. The Bertz CT molecular complexity index is 537. The van der Waals surface area contributed by atoms with Crippen LogP contribution in [-0.4, -0.2) is 12.6 Å². The molecule has 0 spiro atoms. The van der Waals surface area contributed by atoms with E-state index in [2.05, 4.69) is 11.8 Å². The van der Waals surface area contributed by atoms with Gasteiger partial charge in [-0.3, -0.25) is 0 Å². The minimum absolute atomic E-state index is 0.00197. The standard InChI is InChI=1S/C16H21FN2O/c1-3-19(11-15-5-4-8-20-15)16-7-6-14(17)10-13(16)9-12(2)18/h4-8,10,12H,3,9,11,18H2,1-2H3. The summed E-state index contributed by atoms with van der Waals surface area (Å²) in [5.41, 5.74) is 7.82. The number of hydrogen-bond donors (Lipinski definition) is 1. The van der Waals surface area contributed by atoms with Gasteiger partial charge >= 0.3 is 0 Å². The summed E-state index contributed by atoms with van der Waals surface area (Å²) >= 11 is 0. The number of benzene rings is 1. The SMILES string of the molecule is CCN(Cc1ccco1)c1ccc(F)cc1CC(C)N. The summed E-state index contributed by atoms with van der Waals surface area (Å²) in [5.74, 6) is 0.668. The van der Waals surface area contributed by atoms with Gasteiger partial charge in [-0.25, -0.2) is 4.39 Å². The molecule has 0 saturated heterocycles. The van der Waals surface area contributed by atoms with Gasteiger partial charge in [0.25, 0.3) is 0 Å². The molecular formula is C16H21FN2O. The van der Waals surface area contributed by atoms with Crippen LogP contribution in [0.15, 0.2) is 41.0 Å². The largest absolute Gasteiger partial charge is 0.467 e. The molecule has 1 aromatic heterocycles. The molecule has 0 radical (unpaired) electrons. The van der Waals surface area contributed by atoms with Crippen molar-refractivity contribution in [3.8, 4) is 0 Å². The summed E-state index contributed by atoms with van der Waals surface area (Å²) < 4.78 is 18.9. The predicted octanol–water partition coefficient (Wildman–Crippen LogP) is 3.33. The maximum absolute atomic E-state index is 13.5. The highest BCUT2D eigenvalue weighted by molar-refractivity contribution is 5.54. The van der Waals surface area contributed by atoms with Gasteiger partial charge < -0.3 is 15.1 Å². The number of rotatable bonds is 6. The summed E-state index contributed by atoms with van der Waals surface area (Å²) in [6.45, 7) is 5.48. The molecular weight excluding hydrogens is 255 g/mol. The third kappa shape index (κ3) is 3.61. The average molecular weight is 276 g/mol. The first-order chi connectivity index (χ1) is 9.60. The number of furan rings is 1. The first kappa shape index (κ1) is 14.6. The minimum Gasteiger partial charge on any atom is -0.467 e. The summed E-state index contributed by atoms with van der Waals surface area (Å²) in [5, 5.41) is 0. The van der Waals surface area contributed by atoms with E-state index in [1.807, 2.05) is 25.1 Å². The molecule has 1 atom stereocenters. The molecule has 0 aliphatic heterocycles. The van der Waals surface area contributed by atoms with Crippen LogP contribution in [0, 0.1) is 5.82 Å². The van der Waals surface area contributed by atoms with E-state index in [-0.39, 0.29) is 11.9 Å². The zero-order valence-corrected chi connectivity index (χ0v) is 12.0. The molecule has 0 saturated carbocycles.